The van der Waals surface area contributed by atoms with Gasteiger partial charge in [-0.2, -0.15) is 4.31 Å². The largest absolute Gasteiger partial charge is 0.494 e. The van der Waals surface area contributed by atoms with Crippen molar-refractivity contribution in [1.82, 2.24) is 19.3 Å². The summed E-state index contributed by atoms with van der Waals surface area (Å²) < 4.78 is 33.7. The Hall–Kier alpha value is -2.71. The Balaban J connectivity index is 1.25. The molecule has 0 saturated carbocycles. The molecule has 2 aromatic carbocycles. The fourth-order valence-electron chi connectivity index (χ4n) is 3.08. The summed E-state index contributed by atoms with van der Waals surface area (Å²) in [5, 5.41) is 8.36. The van der Waals surface area contributed by atoms with Gasteiger partial charge in [-0.1, -0.05) is 53.7 Å². The van der Waals surface area contributed by atoms with Crippen LogP contribution in [0.1, 0.15) is 12.5 Å². The number of sulfonamides is 1. The zero-order valence-electron chi connectivity index (χ0n) is 15.4. The Morgan fingerprint density at radius 1 is 1.00 bits per heavy atom. The molecule has 1 fully saturated rings. The van der Waals surface area contributed by atoms with Gasteiger partial charge < -0.3 is 4.74 Å². The second-order valence-corrected chi connectivity index (χ2v) is 8.84. The lowest BCUT2D eigenvalue weighted by Gasteiger charge is -2.37. The van der Waals surface area contributed by atoms with Crippen molar-refractivity contribution in [3.63, 3.8) is 0 Å². The van der Waals surface area contributed by atoms with E-state index in [1.807, 2.05) is 66.9 Å². The molecular weight excluding hydrogens is 376 g/mol. The first-order valence-corrected chi connectivity index (χ1v) is 10.9. The Morgan fingerprint density at radius 3 is 2.39 bits per heavy atom. The first kappa shape index (κ1) is 18.6. The van der Waals surface area contributed by atoms with Crippen LogP contribution in [0.2, 0.25) is 0 Å². The van der Waals surface area contributed by atoms with Crippen LogP contribution in [0.15, 0.2) is 66.9 Å². The van der Waals surface area contributed by atoms with Crippen LogP contribution in [-0.4, -0.2) is 53.2 Å². The van der Waals surface area contributed by atoms with Crippen LogP contribution in [0.3, 0.4) is 0 Å². The average Bonchev–Trinajstić information content (AvgIpc) is 3.15. The lowest BCUT2D eigenvalue weighted by atomic mass is 10.1. The molecule has 0 atom stereocenters. The van der Waals surface area contributed by atoms with Gasteiger partial charge in [-0.25, -0.2) is 13.1 Å². The molecule has 0 spiro atoms. The van der Waals surface area contributed by atoms with Gasteiger partial charge in [0.05, 0.1) is 24.6 Å². The Kier molecular flexibility index (Phi) is 5.40. The Bertz CT molecular complexity index is 1000. The van der Waals surface area contributed by atoms with E-state index in [-0.39, 0.29) is 11.8 Å². The van der Waals surface area contributed by atoms with E-state index in [2.05, 4.69) is 10.3 Å². The van der Waals surface area contributed by atoms with E-state index in [0.717, 1.165) is 17.0 Å². The first-order valence-electron chi connectivity index (χ1n) is 9.25. The van der Waals surface area contributed by atoms with Crippen molar-refractivity contribution in [2.24, 2.45) is 0 Å². The highest BCUT2D eigenvalue weighted by molar-refractivity contribution is 7.89. The van der Waals surface area contributed by atoms with Gasteiger partial charge in [-0.15, -0.1) is 5.10 Å². The fourth-order valence-corrected chi connectivity index (χ4v) is 4.62. The number of ether oxygens (including phenoxy) is 1. The smallest absolute Gasteiger partial charge is 0.214 e. The van der Waals surface area contributed by atoms with Crippen molar-refractivity contribution >= 4 is 10.0 Å². The normalized spacial score (nSPS) is 15.3. The molecule has 0 unspecified atom stereocenters. The molecule has 3 aromatic rings. The highest BCUT2D eigenvalue weighted by Gasteiger charge is 2.37. The van der Waals surface area contributed by atoms with E-state index in [1.165, 1.54) is 4.31 Å². The molecule has 1 aliphatic rings. The quantitative estimate of drug-likeness (QED) is 0.545. The third kappa shape index (κ3) is 4.23. The molecule has 0 amide bonds. The van der Waals surface area contributed by atoms with Crippen molar-refractivity contribution in [2.75, 3.05) is 25.4 Å². The molecule has 1 aliphatic heterocycles. The third-order valence-electron chi connectivity index (χ3n) is 4.73. The summed E-state index contributed by atoms with van der Waals surface area (Å²) in [5.41, 5.74) is 1.79. The summed E-state index contributed by atoms with van der Waals surface area (Å²) in [6.07, 6.45) is 2.33. The molecule has 28 heavy (non-hydrogen) atoms. The summed E-state index contributed by atoms with van der Waals surface area (Å²) in [6, 6.07) is 19.2. The number of para-hydroxylation sites is 1. The van der Waals surface area contributed by atoms with Crippen molar-refractivity contribution in [2.45, 2.75) is 12.5 Å². The lowest BCUT2D eigenvalue weighted by molar-refractivity contribution is 0.188. The molecule has 8 heteroatoms. The van der Waals surface area contributed by atoms with Gasteiger partial charge in [-0.05, 0) is 18.6 Å². The second-order valence-electron chi connectivity index (χ2n) is 6.75. The molecule has 4 rings (SSSR count). The maximum atomic E-state index is 12.5. The van der Waals surface area contributed by atoms with Gasteiger partial charge >= 0.3 is 0 Å². The SMILES string of the molecule is O=S(=O)(CCCOc1ccccc1)N1CC(n2cc(-c3ccccc3)nn2)C1. The van der Waals surface area contributed by atoms with Gasteiger partial charge in [-0.3, -0.25) is 0 Å². The molecule has 2 heterocycles. The maximum absolute atomic E-state index is 12.5. The van der Waals surface area contributed by atoms with E-state index in [1.54, 1.807) is 4.68 Å². The van der Waals surface area contributed by atoms with E-state index in [9.17, 15) is 8.42 Å². The molecule has 0 N–H and O–H groups in total. The second kappa shape index (κ2) is 8.12. The number of aromatic nitrogens is 3. The van der Waals surface area contributed by atoms with Crippen LogP contribution in [0.5, 0.6) is 5.75 Å². The van der Waals surface area contributed by atoms with E-state index < -0.39 is 10.0 Å². The summed E-state index contributed by atoms with van der Waals surface area (Å²) >= 11 is 0. The number of hydrogen-bond acceptors (Lipinski definition) is 5. The number of rotatable bonds is 8. The number of benzene rings is 2. The molecule has 7 nitrogen and oxygen atoms in total. The zero-order valence-corrected chi connectivity index (χ0v) is 16.2. The van der Waals surface area contributed by atoms with Crippen molar-refractivity contribution in [3.05, 3.63) is 66.9 Å². The van der Waals surface area contributed by atoms with Gasteiger partial charge in [0, 0.05) is 18.7 Å². The van der Waals surface area contributed by atoms with Gasteiger partial charge in [0.2, 0.25) is 10.0 Å². The predicted octanol–water partition coefficient (Wildman–Crippen LogP) is 2.60. The molecule has 1 aromatic heterocycles. The van der Waals surface area contributed by atoms with Gasteiger partial charge in [0.25, 0.3) is 0 Å². The van der Waals surface area contributed by atoms with E-state index in [0.29, 0.717) is 26.1 Å². The molecule has 1 saturated heterocycles. The monoisotopic (exact) mass is 398 g/mol. The van der Waals surface area contributed by atoms with Crippen molar-refractivity contribution in [1.29, 1.82) is 0 Å². The van der Waals surface area contributed by atoms with E-state index in [4.69, 9.17) is 4.74 Å². The highest BCUT2D eigenvalue weighted by atomic mass is 32.2. The predicted molar refractivity (Wildman–Crippen MR) is 106 cm³/mol. The van der Waals surface area contributed by atoms with Crippen LogP contribution in [0.25, 0.3) is 11.3 Å². The van der Waals surface area contributed by atoms with Gasteiger partial charge in [0.15, 0.2) is 0 Å². The van der Waals surface area contributed by atoms with Crippen LogP contribution in [0, 0.1) is 0 Å². The summed E-state index contributed by atoms with van der Waals surface area (Å²) in [7, 11) is -3.27. The third-order valence-corrected chi connectivity index (χ3v) is 6.62. The van der Waals surface area contributed by atoms with Crippen LogP contribution in [-0.2, 0) is 10.0 Å². The minimum absolute atomic E-state index is 0.0281. The fraction of sp³-hybridized carbons (Fsp3) is 0.300. The molecular formula is C20H22N4O3S. The van der Waals surface area contributed by atoms with Gasteiger partial charge in [0.1, 0.15) is 11.4 Å². The van der Waals surface area contributed by atoms with Crippen molar-refractivity contribution < 1.29 is 13.2 Å². The summed E-state index contributed by atoms with van der Waals surface area (Å²) in [6.45, 7) is 1.24. The van der Waals surface area contributed by atoms with Crippen LogP contribution in [0.4, 0.5) is 0 Å². The number of nitrogens with zero attached hydrogens (tertiary/aromatic N) is 4. The van der Waals surface area contributed by atoms with Crippen LogP contribution < -0.4 is 4.74 Å². The lowest BCUT2D eigenvalue weighted by Crippen LogP contribution is -2.51. The number of hydrogen-bond donors (Lipinski definition) is 0. The zero-order chi connectivity index (χ0) is 19.4. The topological polar surface area (TPSA) is 77.3 Å². The maximum Gasteiger partial charge on any atom is 0.214 e. The van der Waals surface area contributed by atoms with Crippen molar-refractivity contribution in [3.8, 4) is 17.0 Å². The van der Waals surface area contributed by atoms with E-state index >= 15 is 0 Å². The molecule has 146 valence electrons. The summed E-state index contributed by atoms with van der Waals surface area (Å²) in [5.74, 6) is 0.837. The first-order chi connectivity index (χ1) is 13.6. The minimum Gasteiger partial charge on any atom is -0.494 e. The summed E-state index contributed by atoms with van der Waals surface area (Å²) in [4.78, 5) is 0. The molecule has 0 aliphatic carbocycles. The standard InChI is InChI=1S/C20H22N4O3S/c25-28(26,13-7-12-27-19-10-5-2-6-11-19)23-14-18(15-23)24-16-20(21-22-24)17-8-3-1-4-9-17/h1-6,8-11,16,18H,7,12-15H2. The highest BCUT2D eigenvalue weighted by Crippen LogP contribution is 2.26. The molecule has 0 bridgehead atoms. The average molecular weight is 398 g/mol. The molecule has 0 radical (unpaired) electrons. The minimum atomic E-state index is -3.27. The Labute approximate surface area is 164 Å². The van der Waals surface area contributed by atoms with Crippen LogP contribution >= 0.6 is 0 Å². The Morgan fingerprint density at radius 2 is 1.68 bits per heavy atom.